The SMILES string of the molecule is [N-]=[N+]=NCC(O)C(O)c1ccc(C(F)(F)F)c(Cl)c1. The van der Waals surface area contributed by atoms with Gasteiger partial charge in [-0.25, -0.2) is 0 Å². The number of azide groups is 1. The van der Waals surface area contributed by atoms with E-state index in [1.807, 2.05) is 0 Å². The Morgan fingerprint density at radius 1 is 1.37 bits per heavy atom. The van der Waals surface area contributed by atoms with Crippen LogP contribution in [0.2, 0.25) is 5.02 Å². The van der Waals surface area contributed by atoms with Gasteiger partial charge in [0.1, 0.15) is 6.10 Å². The first-order valence-electron chi connectivity index (χ1n) is 5.01. The molecule has 2 atom stereocenters. The third-order valence-electron chi connectivity index (χ3n) is 2.34. The van der Waals surface area contributed by atoms with Gasteiger partial charge in [0.25, 0.3) is 0 Å². The summed E-state index contributed by atoms with van der Waals surface area (Å²) < 4.78 is 37.4. The highest BCUT2D eigenvalue weighted by Gasteiger charge is 2.33. The molecule has 2 unspecified atom stereocenters. The third-order valence-corrected chi connectivity index (χ3v) is 2.65. The Labute approximate surface area is 110 Å². The van der Waals surface area contributed by atoms with Crippen molar-refractivity contribution in [3.63, 3.8) is 0 Å². The smallest absolute Gasteiger partial charge is 0.390 e. The molecule has 19 heavy (non-hydrogen) atoms. The summed E-state index contributed by atoms with van der Waals surface area (Å²) in [4.78, 5) is 2.39. The standard InChI is InChI=1S/C10H9ClF3N3O2/c11-7-3-5(1-2-6(7)10(12,13)14)9(19)8(18)4-16-17-15/h1-3,8-9,18-19H,4H2. The summed E-state index contributed by atoms with van der Waals surface area (Å²) in [5, 5.41) is 21.6. The Hall–Kier alpha value is -1.47. The maximum atomic E-state index is 12.5. The first kappa shape index (κ1) is 15.6. The van der Waals surface area contributed by atoms with Crippen LogP contribution >= 0.6 is 11.6 Å². The maximum absolute atomic E-state index is 12.5. The van der Waals surface area contributed by atoms with E-state index in [2.05, 4.69) is 10.0 Å². The summed E-state index contributed by atoms with van der Waals surface area (Å²) in [5.41, 5.74) is 7.02. The molecule has 1 rings (SSSR count). The number of alkyl halides is 3. The van der Waals surface area contributed by atoms with Crippen LogP contribution in [-0.4, -0.2) is 22.9 Å². The van der Waals surface area contributed by atoms with Gasteiger partial charge in [0.15, 0.2) is 0 Å². The van der Waals surface area contributed by atoms with Gasteiger partial charge in [-0.05, 0) is 23.2 Å². The van der Waals surface area contributed by atoms with Crippen LogP contribution in [0.25, 0.3) is 10.4 Å². The first-order chi connectivity index (χ1) is 8.77. The van der Waals surface area contributed by atoms with Gasteiger partial charge in [-0.3, -0.25) is 0 Å². The van der Waals surface area contributed by atoms with Crippen LogP contribution in [0, 0.1) is 0 Å². The Kier molecular flexibility index (Phi) is 5.02. The number of hydrogen-bond acceptors (Lipinski definition) is 3. The molecule has 0 saturated heterocycles. The number of aliphatic hydroxyl groups is 2. The van der Waals surface area contributed by atoms with Crippen molar-refractivity contribution < 1.29 is 23.4 Å². The number of nitrogens with zero attached hydrogens (tertiary/aromatic N) is 3. The van der Waals surface area contributed by atoms with Crippen molar-refractivity contribution in [1.82, 2.24) is 0 Å². The summed E-state index contributed by atoms with van der Waals surface area (Å²) in [6, 6.07) is 2.62. The zero-order valence-electron chi connectivity index (χ0n) is 9.34. The van der Waals surface area contributed by atoms with Crippen LogP contribution in [0.1, 0.15) is 17.2 Å². The summed E-state index contributed by atoms with van der Waals surface area (Å²) in [6.45, 7) is -0.406. The van der Waals surface area contributed by atoms with E-state index in [9.17, 15) is 23.4 Å². The summed E-state index contributed by atoms with van der Waals surface area (Å²) >= 11 is 5.47. The molecule has 0 saturated carbocycles. The van der Waals surface area contributed by atoms with Gasteiger partial charge in [-0.2, -0.15) is 13.2 Å². The second-order valence-corrected chi connectivity index (χ2v) is 4.07. The molecule has 0 aliphatic rings. The molecular weight excluding hydrogens is 287 g/mol. The molecule has 5 nitrogen and oxygen atoms in total. The summed E-state index contributed by atoms with van der Waals surface area (Å²) in [5.74, 6) is 0. The normalized spacial score (nSPS) is 14.6. The number of aliphatic hydroxyl groups excluding tert-OH is 2. The number of halogens is 4. The minimum atomic E-state index is -4.59. The van der Waals surface area contributed by atoms with Crippen LogP contribution < -0.4 is 0 Å². The number of benzene rings is 1. The average Bonchev–Trinajstić information content (AvgIpc) is 2.33. The molecule has 0 fully saturated rings. The van der Waals surface area contributed by atoms with Crippen molar-refractivity contribution in [3.05, 3.63) is 44.8 Å². The second-order valence-electron chi connectivity index (χ2n) is 3.66. The van der Waals surface area contributed by atoms with Crippen LogP contribution in [0.4, 0.5) is 13.2 Å². The maximum Gasteiger partial charge on any atom is 0.417 e. The van der Waals surface area contributed by atoms with Gasteiger partial charge in [0.05, 0.1) is 23.2 Å². The highest BCUT2D eigenvalue weighted by atomic mass is 35.5. The average molecular weight is 296 g/mol. The van der Waals surface area contributed by atoms with Gasteiger partial charge in [-0.15, -0.1) is 0 Å². The highest BCUT2D eigenvalue weighted by Crippen LogP contribution is 2.36. The molecule has 0 heterocycles. The minimum absolute atomic E-state index is 0.00126. The van der Waals surface area contributed by atoms with Crippen molar-refractivity contribution in [2.45, 2.75) is 18.4 Å². The Balaban J connectivity index is 2.97. The number of hydrogen-bond donors (Lipinski definition) is 2. The molecule has 0 aliphatic heterocycles. The molecule has 0 radical (unpaired) electrons. The number of rotatable bonds is 4. The van der Waals surface area contributed by atoms with Crippen LogP contribution in [0.3, 0.4) is 0 Å². The molecule has 104 valence electrons. The zero-order valence-corrected chi connectivity index (χ0v) is 10.1. The molecule has 0 aromatic heterocycles. The van der Waals surface area contributed by atoms with Crippen molar-refractivity contribution in [3.8, 4) is 0 Å². The largest absolute Gasteiger partial charge is 0.417 e. The van der Waals surface area contributed by atoms with Gasteiger partial charge in [0, 0.05) is 4.91 Å². The van der Waals surface area contributed by atoms with Gasteiger partial charge >= 0.3 is 6.18 Å². The molecule has 1 aromatic rings. The predicted molar refractivity (Wildman–Crippen MR) is 61.4 cm³/mol. The highest BCUT2D eigenvalue weighted by molar-refractivity contribution is 6.31. The van der Waals surface area contributed by atoms with Crippen molar-refractivity contribution in [2.24, 2.45) is 5.11 Å². The van der Waals surface area contributed by atoms with Crippen LogP contribution in [0.5, 0.6) is 0 Å². The van der Waals surface area contributed by atoms with Crippen LogP contribution in [-0.2, 0) is 6.18 Å². The van der Waals surface area contributed by atoms with Crippen molar-refractivity contribution in [1.29, 1.82) is 0 Å². The van der Waals surface area contributed by atoms with E-state index < -0.39 is 35.5 Å². The molecule has 9 heteroatoms. The topological polar surface area (TPSA) is 89.2 Å². The molecular formula is C10H9ClF3N3O2. The fourth-order valence-electron chi connectivity index (χ4n) is 1.39. The van der Waals surface area contributed by atoms with E-state index in [4.69, 9.17) is 17.1 Å². The monoisotopic (exact) mass is 295 g/mol. The van der Waals surface area contributed by atoms with Gasteiger partial charge in [0.2, 0.25) is 0 Å². The van der Waals surface area contributed by atoms with Gasteiger partial charge < -0.3 is 10.2 Å². The molecule has 0 amide bonds. The van der Waals surface area contributed by atoms with Gasteiger partial charge in [-0.1, -0.05) is 22.8 Å². The quantitative estimate of drug-likeness (QED) is 0.508. The van der Waals surface area contributed by atoms with Crippen molar-refractivity contribution >= 4 is 11.6 Å². The van der Waals surface area contributed by atoms with E-state index in [1.165, 1.54) is 0 Å². The van der Waals surface area contributed by atoms with E-state index in [0.29, 0.717) is 6.07 Å². The Bertz CT molecular complexity index is 503. The first-order valence-corrected chi connectivity index (χ1v) is 5.38. The van der Waals surface area contributed by atoms with E-state index in [1.54, 1.807) is 0 Å². The lowest BCUT2D eigenvalue weighted by Gasteiger charge is -2.17. The molecule has 0 spiro atoms. The molecule has 0 bridgehead atoms. The Morgan fingerprint density at radius 2 is 2.00 bits per heavy atom. The molecule has 1 aromatic carbocycles. The Morgan fingerprint density at radius 3 is 2.47 bits per heavy atom. The van der Waals surface area contributed by atoms with E-state index in [-0.39, 0.29) is 5.56 Å². The zero-order chi connectivity index (χ0) is 14.6. The third kappa shape index (κ3) is 4.00. The lowest BCUT2D eigenvalue weighted by molar-refractivity contribution is -0.137. The van der Waals surface area contributed by atoms with E-state index in [0.717, 1.165) is 12.1 Å². The fourth-order valence-corrected chi connectivity index (χ4v) is 1.68. The predicted octanol–water partition coefficient (Wildman–Crippen LogP) is 3.06. The minimum Gasteiger partial charge on any atom is -0.390 e. The second kappa shape index (κ2) is 6.12. The van der Waals surface area contributed by atoms with E-state index >= 15 is 0 Å². The molecule has 2 N–H and O–H groups in total. The lowest BCUT2D eigenvalue weighted by Crippen LogP contribution is -2.21. The van der Waals surface area contributed by atoms with Crippen LogP contribution in [0.15, 0.2) is 23.3 Å². The lowest BCUT2D eigenvalue weighted by atomic mass is 10.0. The molecule has 0 aliphatic carbocycles. The fraction of sp³-hybridized carbons (Fsp3) is 0.400. The summed E-state index contributed by atoms with van der Waals surface area (Å²) in [6.07, 6.45) is -7.52. The van der Waals surface area contributed by atoms with Crippen molar-refractivity contribution in [2.75, 3.05) is 6.54 Å². The summed E-state index contributed by atoms with van der Waals surface area (Å²) in [7, 11) is 0.